The van der Waals surface area contributed by atoms with Crippen LogP contribution in [0, 0.1) is 19.7 Å². The Labute approximate surface area is 111 Å². The predicted molar refractivity (Wildman–Crippen MR) is 73.5 cm³/mol. The van der Waals surface area contributed by atoms with Gasteiger partial charge in [-0.3, -0.25) is 0 Å². The summed E-state index contributed by atoms with van der Waals surface area (Å²) < 4.78 is 14.1. The number of likely N-dealkylation sites (N-methyl/N-ethyl adjacent to an activating group) is 1. The molecule has 1 aromatic heterocycles. The first kappa shape index (κ1) is 13.2. The molecular formula is C14H17FN2S. The molecule has 0 aliphatic carbocycles. The molecule has 0 aliphatic rings. The zero-order chi connectivity index (χ0) is 13.1. The highest BCUT2D eigenvalue weighted by Crippen LogP contribution is 2.24. The molecule has 0 fully saturated rings. The van der Waals surface area contributed by atoms with Crippen LogP contribution < -0.4 is 5.32 Å². The molecule has 1 aromatic carbocycles. The fourth-order valence-corrected chi connectivity index (χ4v) is 2.80. The van der Waals surface area contributed by atoms with E-state index in [0.29, 0.717) is 11.1 Å². The zero-order valence-electron chi connectivity index (χ0n) is 10.8. The van der Waals surface area contributed by atoms with Crippen molar-refractivity contribution in [2.24, 2.45) is 0 Å². The third-order valence-corrected chi connectivity index (χ3v) is 3.98. The standard InChI is InChI=1S/C14H17FN2S/c1-9-5-4-6-11(14(9)15)12(16-3)7-13-17-10(2)8-18-13/h4-6,8,12,16H,7H2,1-3H3. The van der Waals surface area contributed by atoms with Crippen molar-refractivity contribution in [3.8, 4) is 0 Å². The first-order valence-electron chi connectivity index (χ1n) is 5.95. The van der Waals surface area contributed by atoms with E-state index in [0.717, 1.165) is 17.1 Å². The number of thiazole rings is 1. The number of hydrogen-bond donors (Lipinski definition) is 1. The van der Waals surface area contributed by atoms with Crippen molar-refractivity contribution in [2.45, 2.75) is 26.3 Å². The lowest BCUT2D eigenvalue weighted by Gasteiger charge is -2.17. The molecule has 0 radical (unpaired) electrons. The molecule has 96 valence electrons. The molecule has 1 N–H and O–H groups in total. The van der Waals surface area contributed by atoms with Crippen LogP contribution in [0.15, 0.2) is 23.6 Å². The second-order valence-electron chi connectivity index (χ2n) is 4.41. The molecule has 4 heteroatoms. The van der Waals surface area contributed by atoms with Crippen molar-refractivity contribution < 1.29 is 4.39 Å². The molecule has 0 saturated carbocycles. The van der Waals surface area contributed by atoms with Crippen molar-refractivity contribution in [1.29, 1.82) is 0 Å². The molecule has 1 atom stereocenters. The number of benzene rings is 1. The van der Waals surface area contributed by atoms with Gasteiger partial charge in [0.25, 0.3) is 0 Å². The normalized spacial score (nSPS) is 12.7. The van der Waals surface area contributed by atoms with E-state index in [1.165, 1.54) is 0 Å². The van der Waals surface area contributed by atoms with E-state index in [1.54, 1.807) is 24.3 Å². The Morgan fingerprint density at radius 3 is 2.78 bits per heavy atom. The van der Waals surface area contributed by atoms with Gasteiger partial charge in [-0.15, -0.1) is 11.3 Å². The van der Waals surface area contributed by atoms with E-state index in [2.05, 4.69) is 10.3 Å². The van der Waals surface area contributed by atoms with Crippen LogP contribution in [-0.2, 0) is 6.42 Å². The Balaban J connectivity index is 2.25. The summed E-state index contributed by atoms with van der Waals surface area (Å²) in [6.45, 7) is 3.76. The van der Waals surface area contributed by atoms with Crippen molar-refractivity contribution in [3.05, 3.63) is 51.2 Å². The van der Waals surface area contributed by atoms with Gasteiger partial charge in [0.2, 0.25) is 0 Å². The van der Waals surface area contributed by atoms with Crippen LogP contribution in [0.25, 0.3) is 0 Å². The minimum atomic E-state index is -0.120. The Morgan fingerprint density at radius 2 is 2.17 bits per heavy atom. The van der Waals surface area contributed by atoms with Crippen LogP contribution in [0.4, 0.5) is 4.39 Å². The zero-order valence-corrected chi connectivity index (χ0v) is 11.6. The van der Waals surface area contributed by atoms with Crippen molar-refractivity contribution in [2.75, 3.05) is 7.05 Å². The molecule has 2 rings (SSSR count). The van der Waals surface area contributed by atoms with E-state index in [1.807, 2.05) is 31.5 Å². The van der Waals surface area contributed by atoms with Crippen LogP contribution in [0.5, 0.6) is 0 Å². The van der Waals surface area contributed by atoms with Crippen LogP contribution in [0.1, 0.15) is 27.9 Å². The van der Waals surface area contributed by atoms with Crippen LogP contribution in [-0.4, -0.2) is 12.0 Å². The Morgan fingerprint density at radius 1 is 1.39 bits per heavy atom. The van der Waals surface area contributed by atoms with Crippen molar-refractivity contribution >= 4 is 11.3 Å². The number of nitrogens with zero attached hydrogens (tertiary/aromatic N) is 1. The summed E-state index contributed by atoms with van der Waals surface area (Å²) in [4.78, 5) is 4.43. The largest absolute Gasteiger partial charge is 0.313 e. The Kier molecular flexibility index (Phi) is 4.09. The maximum Gasteiger partial charge on any atom is 0.130 e. The van der Waals surface area contributed by atoms with Crippen molar-refractivity contribution in [3.63, 3.8) is 0 Å². The van der Waals surface area contributed by atoms with E-state index in [9.17, 15) is 4.39 Å². The lowest BCUT2D eigenvalue weighted by molar-refractivity contribution is 0.529. The lowest BCUT2D eigenvalue weighted by Crippen LogP contribution is -2.20. The number of aryl methyl sites for hydroxylation is 2. The average Bonchev–Trinajstić information content (AvgIpc) is 2.76. The third kappa shape index (κ3) is 2.76. The summed E-state index contributed by atoms with van der Waals surface area (Å²) in [5, 5.41) is 6.23. The van der Waals surface area contributed by atoms with Gasteiger partial charge in [0.15, 0.2) is 0 Å². The second-order valence-corrected chi connectivity index (χ2v) is 5.35. The van der Waals surface area contributed by atoms with E-state index < -0.39 is 0 Å². The van der Waals surface area contributed by atoms with E-state index >= 15 is 0 Å². The van der Waals surface area contributed by atoms with Gasteiger partial charge >= 0.3 is 0 Å². The number of rotatable bonds is 4. The highest BCUT2D eigenvalue weighted by Gasteiger charge is 2.17. The minimum absolute atomic E-state index is 0.0320. The van der Waals surface area contributed by atoms with E-state index in [4.69, 9.17) is 0 Å². The number of halogens is 1. The molecule has 0 amide bonds. The van der Waals surface area contributed by atoms with Gasteiger partial charge in [-0.2, -0.15) is 0 Å². The highest BCUT2D eigenvalue weighted by atomic mass is 32.1. The molecule has 0 saturated heterocycles. The molecule has 18 heavy (non-hydrogen) atoms. The van der Waals surface area contributed by atoms with Crippen LogP contribution in [0.3, 0.4) is 0 Å². The summed E-state index contributed by atoms with van der Waals surface area (Å²) >= 11 is 1.62. The first-order chi connectivity index (χ1) is 8.61. The van der Waals surface area contributed by atoms with Gasteiger partial charge in [-0.05, 0) is 26.5 Å². The first-order valence-corrected chi connectivity index (χ1v) is 6.83. The van der Waals surface area contributed by atoms with Crippen LogP contribution >= 0.6 is 11.3 Å². The maximum atomic E-state index is 14.1. The van der Waals surface area contributed by atoms with Crippen LogP contribution in [0.2, 0.25) is 0 Å². The summed E-state index contributed by atoms with van der Waals surface area (Å²) in [5.41, 5.74) is 2.42. The van der Waals surface area contributed by atoms with Gasteiger partial charge in [0.05, 0.1) is 5.01 Å². The van der Waals surface area contributed by atoms with Gasteiger partial charge < -0.3 is 5.32 Å². The van der Waals surface area contributed by atoms with Gasteiger partial charge in [0, 0.05) is 29.1 Å². The molecule has 1 heterocycles. The van der Waals surface area contributed by atoms with Gasteiger partial charge in [0.1, 0.15) is 5.82 Å². The minimum Gasteiger partial charge on any atom is -0.313 e. The summed E-state index contributed by atoms with van der Waals surface area (Å²) in [5.74, 6) is -0.120. The van der Waals surface area contributed by atoms with Crippen molar-refractivity contribution in [1.82, 2.24) is 10.3 Å². The monoisotopic (exact) mass is 264 g/mol. The SMILES string of the molecule is CNC(Cc1nc(C)cs1)c1cccc(C)c1F. The predicted octanol–water partition coefficient (Wildman–Crippen LogP) is 3.40. The average molecular weight is 264 g/mol. The topological polar surface area (TPSA) is 24.9 Å². The van der Waals surface area contributed by atoms with E-state index in [-0.39, 0.29) is 11.9 Å². The number of hydrogen-bond acceptors (Lipinski definition) is 3. The molecular weight excluding hydrogens is 247 g/mol. The highest BCUT2D eigenvalue weighted by molar-refractivity contribution is 7.09. The summed E-state index contributed by atoms with van der Waals surface area (Å²) in [6.07, 6.45) is 0.718. The third-order valence-electron chi connectivity index (χ3n) is 2.99. The molecule has 0 bridgehead atoms. The molecule has 2 aromatic rings. The Hall–Kier alpha value is -1.26. The fourth-order valence-electron chi connectivity index (χ4n) is 1.98. The van der Waals surface area contributed by atoms with Gasteiger partial charge in [-0.25, -0.2) is 9.37 Å². The fraction of sp³-hybridized carbons (Fsp3) is 0.357. The number of nitrogens with one attached hydrogen (secondary N) is 1. The summed E-state index contributed by atoms with van der Waals surface area (Å²) in [6, 6.07) is 5.49. The quantitative estimate of drug-likeness (QED) is 0.915. The summed E-state index contributed by atoms with van der Waals surface area (Å²) in [7, 11) is 1.85. The molecule has 0 spiro atoms. The molecule has 2 nitrogen and oxygen atoms in total. The maximum absolute atomic E-state index is 14.1. The molecule has 1 unspecified atom stereocenters. The molecule has 0 aliphatic heterocycles. The van der Waals surface area contributed by atoms with Gasteiger partial charge in [-0.1, -0.05) is 18.2 Å². The lowest BCUT2D eigenvalue weighted by atomic mass is 10.0. The second kappa shape index (κ2) is 5.59. The smallest absolute Gasteiger partial charge is 0.130 e. The number of aromatic nitrogens is 1. The Bertz CT molecular complexity index is 536.